The van der Waals surface area contributed by atoms with Crippen LogP contribution in [0.2, 0.25) is 0 Å². The van der Waals surface area contributed by atoms with Gasteiger partial charge in [-0.3, -0.25) is 0 Å². The molecule has 5 nitrogen and oxygen atoms in total. The van der Waals surface area contributed by atoms with Crippen LogP contribution in [0.15, 0.2) is 24.3 Å². The number of nitrogens with one attached hydrogen (secondary N) is 2. The van der Waals surface area contributed by atoms with Crippen LogP contribution in [0.1, 0.15) is 18.3 Å². The van der Waals surface area contributed by atoms with Crippen molar-refractivity contribution in [2.24, 2.45) is 0 Å². The summed E-state index contributed by atoms with van der Waals surface area (Å²) in [6.45, 7) is 4.16. The average molecular weight is 285 g/mol. The topological polar surface area (TPSA) is 53.1 Å². The second kappa shape index (κ2) is 6.43. The molecule has 0 aliphatic heterocycles. The van der Waals surface area contributed by atoms with Crippen molar-refractivity contribution < 1.29 is 0 Å². The van der Waals surface area contributed by atoms with Gasteiger partial charge in [0, 0.05) is 45.0 Å². The maximum absolute atomic E-state index is 4.52. The van der Waals surface area contributed by atoms with Crippen LogP contribution >= 0.6 is 0 Å². The molecule has 1 aromatic heterocycles. The number of aryl methyl sites for hydroxylation is 2. The molecule has 0 unspecified atom stereocenters. The number of rotatable bonds is 5. The Kier molecular flexibility index (Phi) is 4.62. The van der Waals surface area contributed by atoms with E-state index in [1.807, 2.05) is 27.2 Å². The second-order valence-corrected chi connectivity index (χ2v) is 5.18. The molecule has 21 heavy (non-hydrogen) atoms. The maximum atomic E-state index is 4.52. The van der Waals surface area contributed by atoms with Crippen molar-refractivity contribution in [1.29, 1.82) is 0 Å². The molecule has 0 atom stereocenters. The summed E-state index contributed by atoms with van der Waals surface area (Å²) in [5.41, 5.74) is 3.46. The SMILES string of the molecule is CCc1nc(NC)cc(Nc2ccc(C)c(N(C)C)c2)n1. The number of aromatic nitrogens is 2. The fourth-order valence-electron chi connectivity index (χ4n) is 2.16. The van der Waals surface area contributed by atoms with Gasteiger partial charge in [0.2, 0.25) is 0 Å². The van der Waals surface area contributed by atoms with Gasteiger partial charge >= 0.3 is 0 Å². The zero-order chi connectivity index (χ0) is 15.4. The van der Waals surface area contributed by atoms with E-state index < -0.39 is 0 Å². The molecule has 5 heteroatoms. The van der Waals surface area contributed by atoms with Gasteiger partial charge < -0.3 is 15.5 Å². The third-order valence-corrected chi connectivity index (χ3v) is 3.31. The Bertz CT molecular complexity index is 600. The van der Waals surface area contributed by atoms with Gasteiger partial charge in [0.1, 0.15) is 17.5 Å². The quantitative estimate of drug-likeness (QED) is 0.883. The molecule has 0 amide bonds. The first-order chi connectivity index (χ1) is 10.0. The molecule has 2 N–H and O–H groups in total. The first-order valence-corrected chi connectivity index (χ1v) is 7.14. The summed E-state index contributed by atoms with van der Waals surface area (Å²) in [7, 11) is 5.96. The summed E-state index contributed by atoms with van der Waals surface area (Å²) in [6, 6.07) is 8.21. The Morgan fingerprint density at radius 1 is 1.10 bits per heavy atom. The fraction of sp³-hybridized carbons (Fsp3) is 0.375. The standard InChI is InChI=1S/C16H23N5/c1-6-14-19-15(17-3)10-16(20-14)18-12-8-7-11(2)13(9-12)21(4)5/h7-10H,6H2,1-5H3,(H2,17,18,19,20). The van der Waals surface area contributed by atoms with E-state index in [9.17, 15) is 0 Å². The normalized spacial score (nSPS) is 10.3. The summed E-state index contributed by atoms with van der Waals surface area (Å²) in [5.74, 6) is 2.45. The molecule has 1 aromatic carbocycles. The van der Waals surface area contributed by atoms with E-state index in [4.69, 9.17) is 0 Å². The highest BCUT2D eigenvalue weighted by atomic mass is 15.1. The van der Waals surface area contributed by atoms with Crippen molar-refractivity contribution in [1.82, 2.24) is 9.97 Å². The minimum atomic E-state index is 0.805. The van der Waals surface area contributed by atoms with Crippen LogP contribution in [0.4, 0.5) is 23.0 Å². The van der Waals surface area contributed by atoms with Gasteiger partial charge in [0.15, 0.2) is 0 Å². The third-order valence-electron chi connectivity index (χ3n) is 3.31. The number of nitrogens with zero attached hydrogens (tertiary/aromatic N) is 3. The van der Waals surface area contributed by atoms with Crippen molar-refractivity contribution in [2.75, 3.05) is 36.7 Å². The second-order valence-electron chi connectivity index (χ2n) is 5.18. The Morgan fingerprint density at radius 2 is 1.81 bits per heavy atom. The van der Waals surface area contributed by atoms with E-state index in [1.165, 1.54) is 11.3 Å². The smallest absolute Gasteiger partial charge is 0.136 e. The number of hydrogen-bond donors (Lipinski definition) is 2. The molecule has 0 saturated carbocycles. The van der Waals surface area contributed by atoms with Crippen LogP contribution in [0.3, 0.4) is 0 Å². The van der Waals surface area contributed by atoms with Crippen LogP contribution < -0.4 is 15.5 Å². The predicted octanol–water partition coefficient (Wildman–Crippen LogP) is 3.20. The van der Waals surface area contributed by atoms with Gasteiger partial charge in [-0.05, 0) is 24.6 Å². The molecule has 0 radical (unpaired) electrons. The largest absolute Gasteiger partial charge is 0.377 e. The Morgan fingerprint density at radius 3 is 2.43 bits per heavy atom. The summed E-state index contributed by atoms with van der Waals surface area (Å²) in [6.07, 6.45) is 0.807. The van der Waals surface area contributed by atoms with Gasteiger partial charge in [-0.2, -0.15) is 0 Å². The fourth-order valence-corrected chi connectivity index (χ4v) is 2.16. The zero-order valence-electron chi connectivity index (χ0n) is 13.4. The summed E-state index contributed by atoms with van der Waals surface area (Å²) >= 11 is 0. The Labute approximate surface area is 126 Å². The lowest BCUT2D eigenvalue weighted by molar-refractivity contribution is 0.944. The van der Waals surface area contributed by atoms with Crippen molar-refractivity contribution in [2.45, 2.75) is 20.3 Å². The van der Waals surface area contributed by atoms with Crippen molar-refractivity contribution in [3.8, 4) is 0 Å². The van der Waals surface area contributed by atoms with Crippen molar-refractivity contribution >= 4 is 23.0 Å². The van der Waals surface area contributed by atoms with Crippen molar-refractivity contribution in [3.63, 3.8) is 0 Å². The van der Waals surface area contributed by atoms with E-state index >= 15 is 0 Å². The van der Waals surface area contributed by atoms with E-state index in [0.29, 0.717) is 0 Å². The molecule has 0 aliphatic carbocycles. The van der Waals surface area contributed by atoms with Gasteiger partial charge in [0.25, 0.3) is 0 Å². The van der Waals surface area contributed by atoms with E-state index in [-0.39, 0.29) is 0 Å². The highest BCUT2D eigenvalue weighted by molar-refractivity contribution is 5.66. The maximum Gasteiger partial charge on any atom is 0.136 e. The first kappa shape index (κ1) is 15.1. The summed E-state index contributed by atoms with van der Waals surface area (Å²) in [4.78, 5) is 11.0. The molecule has 0 spiro atoms. The molecule has 0 fully saturated rings. The lowest BCUT2D eigenvalue weighted by Crippen LogP contribution is -2.10. The first-order valence-electron chi connectivity index (χ1n) is 7.14. The van der Waals surface area contributed by atoms with Crippen LogP contribution in [0, 0.1) is 6.92 Å². The number of hydrogen-bond acceptors (Lipinski definition) is 5. The number of benzene rings is 1. The van der Waals surface area contributed by atoms with Crippen LogP contribution in [0.5, 0.6) is 0 Å². The predicted molar refractivity (Wildman–Crippen MR) is 89.7 cm³/mol. The van der Waals surface area contributed by atoms with E-state index in [1.54, 1.807) is 0 Å². The highest BCUT2D eigenvalue weighted by Crippen LogP contribution is 2.25. The van der Waals surface area contributed by atoms with Gasteiger partial charge in [-0.25, -0.2) is 9.97 Å². The molecule has 0 aliphatic rings. The lowest BCUT2D eigenvalue weighted by Gasteiger charge is -2.17. The van der Waals surface area contributed by atoms with Gasteiger partial charge in [-0.1, -0.05) is 13.0 Å². The van der Waals surface area contributed by atoms with Crippen LogP contribution in [-0.2, 0) is 6.42 Å². The van der Waals surface area contributed by atoms with E-state index in [0.717, 1.165) is 29.6 Å². The molecular weight excluding hydrogens is 262 g/mol. The lowest BCUT2D eigenvalue weighted by atomic mass is 10.1. The molecule has 112 valence electrons. The van der Waals surface area contributed by atoms with E-state index in [2.05, 4.69) is 57.5 Å². The zero-order valence-corrected chi connectivity index (χ0v) is 13.4. The number of anilines is 4. The monoisotopic (exact) mass is 285 g/mol. The van der Waals surface area contributed by atoms with Gasteiger partial charge in [-0.15, -0.1) is 0 Å². The van der Waals surface area contributed by atoms with Crippen LogP contribution in [0.25, 0.3) is 0 Å². The summed E-state index contributed by atoms with van der Waals surface area (Å²) < 4.78 is 0. The van der Waals surface area contributed by atoms with Crippen molar-refractivity contribution in [3.05, 3.63) is 35.7 Å². The molecule has 2 rings (SSSR count). The molecular formula is C16H23N5. The molecule has 0 bridgehead atoms. The molecule has 1 heterocycles. The minimum Gasteiger partial charge on any atom is -0.377 e. The average Bonchev–Trinajstić information content (AvgIpc) is 2.48. The minimum absolute atomic E-state index is 0.805. The molecule has 0 saturated heterocycles. The Hall–Kier alpha value is -2.30. The van der Waals surface area contributed by atoms with Crippen LogP contribution in [-0.4, -0.2) is 31.1 Å². The summed E-state index contributed by atoms with van der Waals surface area (Å²) in [5, 5.41) is 6.43. The highest BCUT2D eigenvalue weighted by Gasteiger charge is 2.06. The molecule has 2 aromatic rings. The Balaban J connectivity index is 2.31. The van der Waals surface area contributed by atoms with Gasteiger partial charge in [0.05, 0.1) is 0 Å². The third kappa shape index (κ3) is 3.62.